The molecule has 0 amide bonds. The van der Waals surface area contributed by atoms with Crippen LogP contribution in [0.2, 0.25) is 0 Å². The van der Waals surface area contributed by atoms with Gasteiger partial charge in [0.2, 0.25) is 0 Å². The lowest BCUT2D eigenvalue weighted by molar-refractivity contribution is -0.385. The molecule has 6 nitrogen and oxygen atoms in total. The van der Waals surface area contributed by atoms with E-state index in [2.05, 4.69) is 0 Å². The molecule has 0 heterocycles. The van der Waals surface area contributed by atoms with Gasteiger partial charge in [-0.05, 0) is 11.6 Å². The number of non-ortho nitro benzene ring substituents is 1. The number of rotatable bonds is 5. The van der Waals surface area contributed by atoms with Gasteiger partial charge in [-0.1, -0.05) is 30.3 Å². The Morgan fingerprint density at radius 2 is 1.82 bits per heavy atom. The second-order valence-corrected chi connectivity index (χ2v) is 4.78. The molecule has 0 saturated carbocycles. The zero-order valence-corrected chi connectivity index (χ0v) is 12.4. The van der Waals surface area contributed by atoms with Gasteiger partial charge in [0.1, 0.15) is 5.75 Å². The monoisotopic (exact) mass is 324 g/mol. The van der Waals surface area contributed by atoms with Crippen LogP contribution >= 0.6 is 12.4 Å². The van der Waals surface area contributed by atoms with Crippen molar-refractivity contribution in [3.63, 3.8) is 0 Å². The van der Waals surface area contributed by atoms with Crippen molar-refractivity contribution >= 4 is 18.1 Å². The Morgan fingerprint density at radius 3 is 2.41 bits per heavy atom. The summed E-state index contributed by atoms with van der Waals surface area (Å²) in [4.78, 5) is 10.2. The number of nitro benzene ring substituents is 1. The highest BCUT2D eigenvalue weighted by Gasteiger charge is 2.22. The summed E-state index contributed by atoms with van der Waals surface area (Å²) in [6.07, 6.45) is -0.662. The number of nitro groups is 1. The summed E-state index contributed by atoms with van der Waals surface area (Å²) >= 11 is 0. The lowest BCUT2D eigenvalue weighted by Crippen LogP contribution is -2.28. The number of aromatic hydroxyl groups is 1. The summed E-state index contributed by atoms with van der Waals surface area (Å²) in [5.74, 6) is -0.166. The Hall–Kier alpha value is -2.15. The van der Waals surface area contributed by atoms with Crippen molar-refractivity contribution in [3.8, 4) is 5.75 Å². The molecular weight excluding hydrogens is 308 g/mol. The van der Waals surface area contributed by atoms with E-state index in [0.717, 1.165) is 5.56 Å². The second-order valence-electron chi connectivity index (χ2n) is 4.78. The largest absolute Gasteiger partial charge is 0.508 e. The van der Waals surface area contributed by atoms with Gasteiger partial charge in [0.15, 0.2) is 0 Å². The third-order valence-electron chi connectivity index (χ3n) is 3.28. The molecule has 0 bridgehead atoms. The van der Waals surface area contributed by atoms with E-state index < -0.39 is 17.1 Å². The van der Waals surface area contributed by atoms with E-state index in [9.17, 15) is 20.3 Å². The molecule has 0 aliphatic carbocycles. The van der Waals surface area contributed by atoms with Gasteiger partial charge >= 0.3 is 0 Å². The lowest BCUT2D eigenvalue weighted by Gasteiger charge is -2.20. The quantitative estimate of drug-likeness (QED) is 0.577. The first kappa shape index (κ1) is 17.9. The van der Waals surface area contributed by atoms with Crippen molar-refractivity contribution in [3.05, 3.63) is 69.8 Å². The summed E-state index contributed by atoms with van der Waals surface area (Å²) < 4.78 is 0. The maximum Gasteiger partial charge on any atom is 0.270 e. The summed E-state index contributed by atoms with van der Waals surface area (Å²) in [5, 5.41) is 30.7. The number of phenols is 1. The first-order valence-corrected chi connectivity index (χ1v) is 6.44. The number of benzene rings is 2. The van der Waals surface area contributed by atoms with Gasteiger partial charge in [0.25, 0.3) is 5.69 Å². The van der Waals surface area contributed by atoms with Crippen LogP contribution < -0.4 is 5.73 Å². The smallest absolute Gasteiger partial charge is 0.270 e. The maximum absolute atomic E-state index is 10.8. The van der Waals surface area contributed by atoms with Crippen molar-refractivity contribution in [2.45, 2.75) is 18.6 Å². The zero-order chi connectivity index (χ0) is 15.4. The number of halogens is 1. The topological polar surface area (TPSA) is 110 Å². The van der Waals surface area contributed by atoms with Crippen molar-refractivity contribution in [1.29, 1.82) is 0 Å². The highest BCUT2D eigenvalue weighted by molar-refractivity contribution is 5.85. The molecule has 0 aliphatic rings. The minimum absolute atomic E-state index is 0. The van der Waals surface area contributed by atoms with Crippen molar-refractivity contribution in [1.82, 2.24) is 0 Å². The van der Waals surface area contributed by atoms with E-state index in [0.29, 0.717) is 6.42 Å². The minimum Gasteiger partial charge on any atom is -0.508 e. The number of aliphatic hydroxyl groups excluding tert-OH is 1. The Morgan fingerprint density at radius 1 is 1.18 bits per heavy atom. The normalized spacial score (nSPS) is 13.0. The van der Waals surface area contributed by atoms with E-state index in [1.807, 2.05) is 30.3 Å². The molecule has 0 radical (unpaired) electrons. The van der Waals surface area contributed by atoms with E-state index in [4.69, 9.17) is 5.73 Å². The Bertz CT molecular complexity index is 637. The first-order valence-electron chi connectivity index (χ1n) is 6.44. The molecular formula is C15H17ClN2O4. The predicted molar refractivity (Wildman–Crippen MR) is 85.1 cm³/mol. The summed E-state index contributed by atoms with van der Waals surface area (Å²) in [7, 11) is 0. The average Bonchev–Trinajstić information content (AvgIpc) is 2.47. The fraction of sp³-hybridized carbons (Fsp3) is 0.200. The zero-order valence-electron chi connectivity index (χ0n) is 11.6. The predicted octanol–water partition coefficient (Wildman–Crippen LogP) is 2.33. The third kappa shape index (κ3) is 4.17. The highest BCUT2D eigenvalue weighted by atomic mass is 35.5. The minimum atomic E-state index is -0.958. The fourth-order valence-electron chi connectivity index (χ4n) is 2.11. The van der Waals surface area contributed by atoms with Crippen LogP contribution in [0.4, 0.5) is 5.69 Å². The molecule has 0 fully saturated rings. The summed E-state index contributed by atoms with van der Waals surface area (Å²) in [6.45, 7) is 0. The van der Waals surface area contributed by atoms with E-state index in [-0.39, 0.29) is 29.4 Å². The van der Waals surface area contributed by atoms with Crippen molar-refractivity contribution in [2.24, 2.45) is 5.73 Å². The summed E-state index contributed by atoms with van der Waals surface area (Å²) in [6, 6.07) is 11.9. The molecule has 0 spiro atoms. The molecule has 2 rings (SSSR count). The van der Waals surface area contributed by atoms with Gasteiger partial charge in [-0.3, -0.25) is 10.1 Å². The van der Waals surface area contributed by atoms with Gasteiger partial charge in [-0.2, -0.15) is 0 Å². The molecule has 0 saturated heterocycles. The fourth-order valence-corrected chi connectivity index (χ4v) is 2.11. The number of nitrogens with zero attached hydrogens (tertiary/aromatic N) is 1. The van der Waals surface area contributed by atoms with Crippen LogP contribution in [-0.4, -0.2) is 21.2 Å². The average molecular weight is 325 g/mol. The number of phenolic OH excluding ortho intramolecular Hbond substituents is 1. The SMILES string of the molecule is Cl.N[C@@H](c1cc([N+](=O)[O-])ccc1O)[C@H](O)Cc1ccccc1. The van der Waals surface area contributed by atoms with Crippen LogP contribution in [0.25, 0.3) is 0 Å². The van der Waals surface area contributed by atoms with Gasteiger partial charge in [0, 0.05) is 24.1 Å². The summed E-state index contributed by atoms with van der Waals surface area (Å²) in [5.41, 5.74) is 6.80. The number of aliphatic hydroxyl groups is 1. The van der Waals surface area contributed by atoms with Crippen molar-refractivity contribution < 1.29 is 15.1 Å². The van der Waals surface area contributed by atoms with E-state index in [1.165, 1.54) is 18.2 Å². The van der Waals surface area contributed by atoms with Crippen LogP contribution in [0.5, 0.6) is 5.75 Å². The van der Waals surface area contributed by atoms with Crippen LogP contribution in [-0.2, 0) is 6.42 Å². The maximum atomic E-state index is 10.8. The molecule has 7 heteroatoms. The van der Waals surface area contributed by atoms with Gasteiger partial charge < -0.3 is 15.9 Å². The lowest BCUT2D eigenvalue weighted by atomic mass is 9.96. The molecule has 4 N–H and O–H groups in total. The van der Waals surface area contributed by atoms with E-state index in [1.54, 1.807) is 0 Å². The Labute approximate surface area is 133 Å². The number of hydrogen-bond donors (Lipinski definition) is 3. The van der Waals surface area contributed by atoms with Crippen LogP contribution in [0, 0.1) is 10.1 Å². The van der Waals surface area contributed by atoms with Crippen molar-refractivity contribution in [2.75, 3.05) is 0 Å². The standard InChI is InChI=1S/C15H16N2O4.ClH/c16-15(14(19)8-10-4-2-1-3-5-10)12-9-11(17(20)21)6-7-13(12)18;/h1-7,9,14-15,18-19H,8,16H2;1H/t14-,15+;/m1./s1. The van der Waals surface area contributed by atoms with Gasteiger partial charge in [-0.15, -0.1) is 12.4 Å². The molecule has 2 atom stereocenters. The third-order valence-corrected chi connectivity index (χ3v) is 3.28. The van der Waals surface area contributed by atoms with Gasteiger partial charge in [-0.25, -0.2) is 0 Å². The molecule has 22 heavy (non-hydrogen) atoms. The molecule has 2 aromatic carbocycles. The molecule has 0 unspecified atom stereocenters. The molecule has 0 aliphatic heterocycles. The number of nitrogens with two attached hydrogens (primary N) is 1. The van der Waals surface area contributed by atoms with E-state index >= 15 is 0 Å². The van der Waals surface area contributed by atoms with Gasteiger partial charge in [0.05, 0.1) is 17.1 Å². The van der Waals surface area contributed by atoms with Crippen LogP contribution in [0.3, 0.4) is 0 Å². The molecule has 2 aromatic rings. The Balaban J connectivity index is 0.00000242. The van der Waals surface area contributed by atoms with Crippen LogP contribution in [0.15, 0.2) is 48.5 Å². The molecule has 118 valence electrons. The first-order chi connectivity index (χ1) is 9.99. The highest BCUT2D eigenvalue weighted by Crippen LogP contribution is 2.29. The Kier molecular flexibility index (Phi) is 6.30. The molecule has 0 aromatic heterocycles. The van der Waals surface area contributed by atoms with Crippen LogP contribution in [0.1, 0.15) is 17.2 Å². The number of hydrogen-bond acceptors (Lipinski definition) is 5. The second kappa shape index (κ2) is 7.74.